The molecule has 1 fully saturated rings. The molecule has 0 aromatic carbocycles. The second-order valence-electron chi connectivity index (χ2n) is 8.33. The summed E-state index contributed by atoms with van der Waals surface area (Å²) >= 11 is 0. The van der Waals surface area contributed by atoms with Gasteiger partial charge in [-0.3, -0.25) is 14.2 Å². The summed E-state index contributed by atoms with van der Waals surface area (Å²) in [6, 6.07) is 1.82. The zero-order valence-corrected chi connectivity index (χ0v) is 17.8. The predicted molar refractivity (Wildman–Crippen MR) is 115 cm³/mol. The Morgan fingerprint density at radius 2 is 2.09 bits per heavy atom. The normalized spacial score (nSPS) is 24.8. The highest BCUT2D eigenvalue weighted by molar-refractivity contribution is 5.98. The molecule has 4 unspecified atom stereocenters. The van der Waals surface area contributed by atoms with E-state index in [-0.39, 0.29) is 30.5 Å². The lowest BCUT2D eigenvalue weighted by Crippen LogP contribution is -2.40. The van der Waals surface area contributed by atoms with Gasteiger partial charge in [-0.1, -0.05) is 0 Å². The van der Waals surface area contributed by atoms with Crippen molar-refractivity contribution < 1.29 is 24.5 Å². The summed E-state index contributed by atoms with van der Waals surface area (Å²) in [5, 5.41) is 23.7. The Morgan fingerprint density at radius 3 is 2.94 bits per heavy atom. The number of Topliss-reactive ketones (excluding diaryl/α,β-unsaturated/α-hetero) is 1. The molecule has 12 nitrogen and oxygen atoms in total. The highest BCUT2D eigenvalue weighted by atomic mass is 16.6. The van der Waals surface area contributed by atoms with Crippen LogP contribution in [0.25, 0.3) is 11.2 Å². The molecule has 5 rings (SSSR count). The second kappa shape index (κ2) is 8.54. The van der Waals surface area contributed by atoms with Crippen molar-refractivity contribution in [2.45, 2.75) is 56.8 Å². The number of carbonyl (C=O) groups excluding carboxylic acids is 2. The molecule has 1 aliphatic heterocycles. The van der Waals surface area contributed by atoms with E-state index in [4.69, 9.17) is 10.5 Å². The van der Waals surface area contributed by atoms with Gasteiger partial charge in [0.05, 0.1) is 6.33 Å². The minimum atomic E-state index is -1.25. The lowest BCUT2D eigenvalue weighted by molar-refractivity contribution is -0.122. The van der Waals surface area contributed by atoms with E-state index in [1.165, 1.54) is 17.2 Å². The number of nitrogens with one attached hydrogen (secondary N) is 1. The number of carbonyl (C=O) groups is 2. The number of hydrogen-bond donors (Lipinski definition) is 4. The van der Waals surface area contributed by atoms with E-state index >= 15 is 0 Å². The van der Waals surface area contributed by atoms with Gasteiger partial charge in [0.2, 0.25) is 5.91 Å². The number of aryl methyl sites for hydroxylation is 1. The molecule has 12 heteroatoms. The van der Waals surface area contributed by atoms with Crippen LogP contribution < -0.4 is 11.1 Å². The molecule has 33 heavy (non-hydrogen) atoms. The fourth-order valence-corrected chi connectivity index (χ4v) is 4.51. The molecule has 1 amide bonds. The fourth-order valence-electron chi connectivity index (χ4n) is 4.51. The molecule has 2 aliphatic rings. The number of ketones is 1. The first-order chi connectivity index (χ1) is 15.9. The lowest BCUT2D eigenvalue weighted by atomic mass is 9.97. The van der Waals surface area contributed by atoms with Crippen molar-refractivity contribution in [3.63, 3.8) is 0 Å². The number of rotatable bonds is 6. The van der Waals surface area contributed by atoms with Crippen molar-refractivity contribution in [3.05, 3.63) is 36.2 Å². The zero-order chi connectivity index (χ0) is 23.1. The summed E-state index contributed by atoms with van der Waals surface area (Å²) in [6.45, 7) is 0.482. The molecular formula is C21H25N7O5. The molecule has 5 N–H and O–H groups in total. The standard InChI is InChI=1S/C21H25N7O5/c22-19-16-20(25-9-24-19)28(10-26-16)21-18(32)17(31)14(33-21)8-23-15(30)5-7-27-6-4-11-12(27)2-1-3-13(11)29/h4,6,9-10,14,17-18,21,31-32H,1-3,5,7-8H2,(H,23,30)(H2,22,24,25). The first-order valence-corrected chi connectivity index (χ1v) is 10.9. The number of ether oxygens (including phenoxy) is 1. The maximum absolute atomic E-state index is 12.4. The van der Waals surface area contributed by atoms with Crippen LogP contribution in [-0.2, 0) is 22.5 Å². The van der Waals surface area contributed by atoms with Gasteiger partial charge >= 0.3 is 0 Å². The highest BCUT2D eigenvalue weighted by Gasteiger charge is 2.44. The van der Waals surface area contributed by atoms with Crippen LogP contribution in [0, 0.1) is 0 Å². The van der Waals surface area contributed by atoms with Crippen molar-refractivity contribution in [2.24, 2.45) is 0 Å². The average molecular weight is 455 g/mol. The summed E-state index contributed by atoms with van der Waals surface area (Å²) in [6.07, 6.45) is 2.77. The molecule has 4 heterocycles. The van der Waals surface area contributed by atoms with Gasteiger partial charge in [-0.15, -0.1) is 0 Å². The Morgan fingerprint density at radius 1 is 1.24 bits per heavy atom. The first-order valence-electron chi connectivity index (χ1n) is 10.9. The number of fused-ring (bicyclic) bond motifs is 2. The summed E-state index contributed by atoms with van der Waals surface area (Å²) in [5.41, 5.74) is 8.28. The van der Waals surface area contributed by atoms with Gasteiger partial charge in [0.1, 0.15) is 30.2 Å². The summed E-state index contributed by atoms with van der Waals surface area (Å²) in [5.74, 6) is 0.130. The Kier molecular flexibility index (Phi) is 5.56. The molecule has 0 radical (unpaired) electrons. The number of anilines is 1. The van der Waals surface area contributed by atoms with Crippen LogP contribution in [0.15, 0.2) is 24.9 Å². The minimum Gasteiger partial charge on any atom is -0.387 e. The Labute approximate surface area is 188 Å². The Hall–Kier alpha value is -3.35. The average Bonchev–Trinajstić information content (AvgIpc) is 3.49. The van der Waals surface area contributed by atoms with Crippen molar-refractivity contribution in [2.75, 3.05) is 12.3 Å². The SMILES string of the molecule is Nc1ncnc2c1ncn2C1OC(CNC(=O)CCn2ccc3c2CCCC3=O)C(O)C1O. The van der Waals surface area contributed by atoms with E-state index in [1.54, 1.807) is 0 Å². The third-order valence-electron chi connectivity index (χ3n) is 6.28. The molecule has 1 saturated heterocycles. The Bertz CT molecular complexity index is 1210. The highest BCUT2D eigenvalue weighted by Crippen LogP contribution is 2.31. The largest absolute Gasteiger partial charge is 0.387 e. The van der Waals surface area contributed by atoms with E-state index in [2.05, 4.69) is 20.3 Å². The number of nitrogen functional groups attached to an aromatic ring is 1. The summed E-state index contributed by atoms with van der Waals surface area (Å²) in [7, 11) is 0. The van der Waals surface area contributed by atoms with Crippen molar-refractivity contribution in [3.8, 4) is 0 Å². The van der Waals surface area contributed by atoms with Crippen LogP contribution in [0.5, 0.6) is 0 Å². The number of aliphatic hydroxyl groups is 2. The van der Waals surface area contributed by atoms with Gasteiger partial charge in [0, 0.05) is 43.4 Å². The van der Waals surface area contributed by atoms with Crippen LogP contribution in [0.4, 0.5) is 5.82 Å². The first kappa shape index (κ1) is 21.5. The van der Waals surface area contributed by atoms with Crippen LogP contribution in [0.2, 0.25) is 0 Å². The van der Waals surface area contributed by atoms with Crippen LogP contribution in [0.3, 0.4) is 0 Å². The van der Waals surface area contributed by atoms with Gasteiger partial charge < -0.3 is 30.6 Å². The number of aromatic nitrogens is 5. The number of hydrogen-bond acceptors (Lipinski definition) is 9. The smallest absolute Gasteiger partial charge is 0.221 e. The third-order valence-corrected chi connectivity index (χ3v) is 6.28. The monoisotopic (exact) mass is 455 g/mol. The molecule has 0 saturated carbocycles. The third kappa shape index (κ3) is 3.86. The number of imidazole rings is 1. The van der Waals surface area contributed by atoms with Gasteiger partial charge in [0.15, 0.2) is 23.5 Å². The van der Waals surface area contributed by atoms with E-state index in [0.29, 0.717) is 24.1 Å². The predicted octanol–water partition coefficient (Wildman–Crippen LogP) is -0.445. The van der Waals surface area contributed by atoms with E-state index in [9.17, 15) is 19.8 Å². The number of nitrogens with two attached hydrogens (primary N) is 1. The Balaban J connectivity index is 1.18. The number of amides is 1. The van der Waals surface area contributed by atoms with Crippen LogP contribution in [0.1, 0.15) is 41.5 Å². The zero-order valence-electron chi connectivity index (χ0n) is 17.8. The van der Waals surface area contributed by atoms with Gasteiger partial charge in [-0.25, -0.2) is 15.0 Å². The van der Waals surface area contributed by atoms with Crippen molar-refractivity contribution in [1.29, 1.82) is 0 Å². The van der Waals surface area contributed by atoms with Gasteiger partial charge in [-0.2, -0.15) is 0 Å². The maximum Gasteiger partial charge on any atom is 0.221 e. The van der Waals surface area contributed by atoms with Crippen molar-refractivity contribution >= 4 is 28.7 Å². The molecule has 3 aromatic rings. The number of aliphatic hydroxyl groups excluding tert-OH is 2. The van der Waals surface area contributed by atoms with Crippen molar-refractivity contribution in [1.82, 2.24) is 29.4 Å². The molecule has 3 aromatic heterocycles. The lowest BCUT2D eigenvalue weighted by Gasteiger charge is -2.17. The van der Waals surface area contributed by atoms with Crippen LogP contribution in [-0.4, -0.2) is 70.8 Å². The fraction of sp³-hybridized carbons (Fsp3) is 0.476. The summed E-state index contributed by atoms with van der Waals surface area (Å²) in [4.78, 5) is 36.5. The minimum absolute atomic E-state index is 0.0274. The molecule has 0 bridgehead atoms. The number of nitrogens with zero attached hydrogens (tertiary/aromatic N) is 5. The molecule has 0 spiro atoms. The maximum atomic E-state index is 12.4. The second-order valence-corrected chi connectivity index (χ2v) is 8.33. The van der Waals surface area contributed by atoms with Gasteiger partial charge in [-0.05, 0) is 18.9 Å². The topological polar surface area (TPSA) is 170 Å². The van der Waals surface area contributed by atoms with Gasteiger partial charge in [0.25, 0.3) is 0 Å². The van der Waals surface area contributed by atoms with Crippen LogP contribution >= 0.6 is 0 Å². The summed E-state index contributed by atoms with van der Waals surface area (Å²) < 4.78 is 9.26. The molecule has 174 valence electrons. The molecular weight excluding hydrogens is 430 g/mol. The molecule has 4 atom stereocenters. The molecule has 1 aliphatic carbocycles. The van der Waals surface area contributed by atoms with E-state index < -0.39 is 24.5 Å². The van der Waals surface area contributed by atoms with E-state index in [1.807, 2.05) is 16.8 Å². The quantitative estimate of drug-likeness (QED) is 0.384. The van der Waals surface area contributed by atoms with E-state index in [0.717, 1.165) is 24.1 Å².